The van der Waals surface area contributed by atoms with Gasteiger partial charge in [-0.15, -0.1) is 0 Å². The van der Waals surface area contributed by atoms with Crippen molar-refractivity contribution in [1.29, 1.82) is 0 Å². The second-order valence-electron chi connectivity index (χ2n) is 5.52. The summed E-state index contributed by atoms with van der Waals surface area (Å²) in [6.45, 7) is 2.22. The summed E-state index contributed by atoms with van der Waals surface area (Å²) in [5.41, 5.74) is 3.93. The third-order valence-corrected chi connectivity index (χ3v) is 3.80. The van der Waals surface area contributed by atoms with Crippen LogP contribution in [0.5, 0.6) is 0 Å². The van der Waals surface area contributed by atoms with Gasteiger partial charge < -0.3 is 14.1 Å². The number of carbonyl (C=O) groups excluding carboxylic acids is 1. The monoisotopic (exact) mass is 321 g/mol. The first kappa shape index (κ1) is 14.4. The molecule has 0 radical (unpaired) electrons. The molecule has 0 bridgehead atoms. The van der Waals surface area contributed by atoms with E-state index in [0.29, 0.717) is 17.1 Å². The minimum Gasteiger partial charge on any atom is -0.437 e. The lowest BCUT2D eigenvalue weighted by Gasteiger charge is -2.04. The number of aryl methyl sites for hydroxylation is 1. The lowest BCUT2D eigenvalue weighted by atomic mass is 10.3. The SMILES string of the molecule is Cc1cccn2c(CC(=O)NCc3nc4ncccc4o3)cnc12. The van der Waals surface area contributed by atoms with Crippen LogP contribution < -0.4 is 5.32 Å². The molecule has 0 aliphatic carbocycles. The Kier molecular flexibility index (Phi) is 3.45. The lowest BCUT2D eigenvalue weighted by Crippen LogP contribution is -2.25. The standard InChI is InChI=1S/C17H15N5O2/c1-11-4-3-7-22-12(9-20-17(11)22)8-14(23)19-10-15-21-16-13(24-15)5-2-6-18-16/h2-7,9H,8,10H2,1H3,(H,19,23). The molecule has 1 N–H and O–H groups in total. The summed E-state index contributed by atoms with van der Waals surface area (Å²) in [4.78, 5) is 24.9. The quantitative estimate of drug-likeness (QED) is 0.621. The number of hydrogen-bond acceptors (Lipinski definition) is 5. The molecule has 0 atom stereocenters. The van der Waals surface area contributed by atoms with Crippen molar-refractivity contribution < 1.29 is 9.21 Å². The van der Waals surface area contributed by atoms with Crippen LogP contribution >= 0.6 is 0 Å². The van der Waals surface area contributed by atoms with Gasteiger partial charge in [-0.3, -0.25) is 4.79 Å². The zero-order valence-electron chi connectivity index (χ0n) is 13.1. The van der Waals surface area contributed by atoms with Crippen molar-refractivity contribution in [3.05, 3.63) is 60.0 Å². The van der Waals surface area contributed by atoms with Gasteiger partial charge in [-0.25, -0.2) is 9.97 Å². The van der Waals surface area contributed by atoms with E-state index in [0.717, 1.165) is 16.9 Å². The van der Waals surface area contributed by atoms with Crippen molar-refractivity contribution in [2.45, 2.75) is 19.9 Å². The molecule has 0 saturated carbocycles. The van der Waals surface area contributed by atoms with E-state index in [-0.39, 0.29) is 18.9 Å². The number of imidazole rings is 1. The van der Waals surface area contributed by atoms with Crippen LogP contribution in [0.15, 0.2) is 47.3 Å². The van der Waals surface area contributed by atoms with Crippen LogP contribution in [0, 0.1) is 6.92 Å². The Morgan fingerprint density at radius 1 is 1.29 bits per heavy atom. The molecular weight excluding hydrogens is 306 g/mol. The smallest absolute Gasteiger partial charge is 0.226 e. The summed E-state index contributed by atoms with van der Waals surface area (Å²) in [6.07, 6.45) is 5.53. The first-order chi connectivity index (χ1) is 11.7. The average molecular weight is 321 g/mol. The van der Waals surface area contributed by atoms with Gasteiger partial charge in [0.1, 0.15) is 5.65 Å². The van der Waals surface area contributed by atoms with Gasteiger partial charge in [0, 0.05) is 18.6 Å². The third kappa shape index (κ3) is 2.60. The number of nitrogens with zero attached hydrogens (tertiary/aromatic N) is 4. The molecule has 0 fully saturated rings. The highest BCUT2D eigenvalue weighted by Crippen LogP contribution is 2.13. The van der Waals surface area contributed by atoms with Crippen LogP contribution in [0.1, 0.15) is 17.1 Å². The average Bonchev–Trinajstić information content (AvgIpc) is 3.18. The Hall–Kier alpha value is -3.22. The van der Waals surface area contributed by atoms with Crippen molar-refractivity contribution in [2.75, 3.05) is 0 Å². The molecule has 4 aromatic rings. The van der Waals surface area contributed by atoms with E-state index in [1.807, 2.05) is 29.7 Å². The summed E-state index contributed by atoms with van der Waals surface area (Å²) >= 11 is 0. The van der Waals surface area contributed by atoms with Gasteiger partial charge in [0.2, 0.25) is 11.8 Å². The fraction of sp³-hybridized carbons (Fsp3) is 0.176. The predicted molar refractivity (Wildman–Crippen MR) is 87.3 cm³/mol. The van der Waals surface area contributed by atoms with Gasteiger partial charge in [-0.05, 0) is 30.7 Å². The summed E-state index contributed by atoms with van der Waals surface area (Å²) in [6, 6.07) is 7.51. The molecule has 0 aliphatic heterocycles. The van der Waals surface area contributed by atoms with Gasteiger partial charge >= 0.3 is 0 Å². The maximum absolute atomic E-state index is 12.2. The normalized spacial score (nSPS) is 11.2. The summed E-state index contributed by atoms with van der Waals surface area (Å²) in [5, 5.41) is 2.81. The number of amides is 1. The number of aromatic nitrogens is 4. The Labute approximate surface area is 137 Å². The van der Waals surface area contributed by atoms with E-state index in [1.54, 1.807) is 24.5 Å². The molecule has 0 aliphatic rings. The largest absolute Gasteiger partial charge is 0.437 e. The van der Waals surface area contributed by atoms with E-state index in [9.17, 15) is 4.79 Å². The Morgan fingerprint density at radius 3 is 3.08 bits per heavy atom. The van der Waals surface area contributed by atoms with Crippen molar-refractivity contribution in [2.24, 2.45) is 0 Å². The van der Waals surface area contributed by atoms with Gasteiger partial charge in [-0.2, -0.15) is 4.98 Å². The Balaban J connectivity index is 1.45. The van der Waals surface area contributed by atoms with Crippen LogP contribution in [-0.4, -0.2) is 25.3 Å². The summed E-state index contributed by atoms with van der Waals surface area (Å²) in [7, 11) is 0. The second-order valence-corrected chi connectivity index (χ2v) is 5.52. The third-order valence-electron chi connectivity index (χ3n) is 3.80. The minimum absolute atomic E-state index is 0.117. The molecule has 7 nitrogen and oxygen atoms in total. The maximum Gasteiger partial charge on any atom is 0.226 e. The molecule has 120 valence electrons. The number of nitrogens with one attached hydrogen (secondary N) is 1. The van der Waals surface area contributed by atoms with Crippen LogP contribution in [0.4, 0.5) is 0 Å². The van der Waals surface area contributed by atoms with Gasteiger partial charge in [0.05, 0.1) is 18.7 Å². The summed E-state index contributed by atoms with van der Waals surface area (Å²) in [5.74, 6) is 0.319. The molecule has 0 saturated heterocycles. The van der Waals surface area contributed by atoms with Gasteiger partial charge in [0.15, 0.2) is 11.2 Å². The zero-order chi connectivity index (χ0) is 16.5. The predicted octanol–water partition coefficient (Wildman–Crippen LogP) is 2.04. The van der Waals surface area contributed by atoms with E-state index < -0.39 is 0 Å². The minimum atomic E-state index is -0.117. The van der Waals surface area contributed by atoms with E-state index in [2.05, 4.69) is 20.3 Å². The first-order valence-electron chi connectivity index (χ1n) is 7.59. The van der Waals surface area contributed by atoms with Gasteiger partial charge in [0.25, 0.3) is 0 Å². The number of carbonyl (C=O) groups is 1. The first-order valence-corrected chi connectivity index (χ1v) is 7.59. The van der Waals surface area contributed by atoms with Crippen LogP contribution in [0.25, 0.3) is 16.9 Å². The fourth-order valence-corrected chi connectivity index (χ4v) is 2.62. The molecule has 1 amide bonds. The maximum atomic E-state index is 12.2. The van der Waals surface area contributed by atoms with Crippen LogP contribution in [-0.2, 0) is 17.8 Å². The molecule has 0 aromatic carbocycles. The molecule has 7 heteroatoms. The zero-order valence-corrected chi connectivity index (χ0v) is 13.1. The molecule has 4 heterocycles. The summed E-state index contributed by atoms with van der Waals surface area (Å²) < 4.78 is 7.46. The molecule has 4 aromatic heterocycles. The number of hydrogen-bond donors (Lipinski definition) is 1. The highest BCUT2D eigenvalue weighted by Gasteiger charge is 2.11. The van der Waals surface area contributed by atoms with Crippen LogP contribution in [0.2, 0.25) is 0 Å². The van der Waals surface area contributed by atoms with Crippen molar-refractivity contribution in [3.63, 3.8) is 0 Å². The molecule has 4 rings (SSSR count). The number of rotatable bonds is 4. The molecule has 24 heavy (non-hydrogen) atoms. The van der Waals surface area contributed by atoms with Crippen LogP contribution in [0.3, 0.4) is 0 Å². The fourth-order valence-electron chi connectivity index (χ4n) is 2.62. The van der Waals surface area contributed by atoms with Crippen molar-refractivity contribution in [3.8, 4) is 0 Å². The molecule has 0 spiro atoms. The van der Waals surface area contributed by atoms with Crippen molar-refractivity contribution >= 4 is 22.8 Å². The second kappa shape index (κ2) is 5.77. The Morgan fingerprint density at radius 2 is 2.21 bits per heavy atom. The highest BCUT2D eigenvalue weighted by molar-refractivity contribution is 5.78. The number of pyridine rings is 2. The topological polar surface area (TPSA) is 85.3 Å². The Bertz CT molecular complexity index is 1000. The van der Waals surface area contributed by atoms with Gasteiger partial charge in [-0.1, -0.05) is 6.07 Å². The van der Waals surface area contributed by atoms with E-state index in [4.69, 9.17) is 4.42 Å². The highest BCUT2D eigenvalue weighted by atomic mass is 16.3. The lowest BCUT2D eigenvalue weighted by molar-refractivity contribution is -0.120. The van der Waals surface area contributed by atoms with E-state index in [1.165, 1.54) is 0 Å². The number of fused-ring (bicyclic) bond motifs is 2. The molecular formula is C17H15N5O2. The van der Waals surface area contributed by atoms with E-state index >= 15 is 0 Å². The van der Waals surface area contributed by atoms with Crippen molar-refractivity contribution in [1.82, 2.24) is 24.7 Å². The molecule has 0 unspecified atom stereocenters. The number of oxazole rings is 1.